The summed E-state index contributed by atoms with van der Waals surface area (Å²) in [6, 6.07) is 5.83. The molecule has 1 heterocycles. The Kier molecular flexibility index (Phi) is 5.94. The van der Waals surface area contributed by atoms with Gasteiger partial charge in [0.1, 0.15) is 5.82 Å². The molecule has 0 saturated heterocycles. The normalized spacial score (nSPS) is 12.8. The highest BCUT2D eigenvalue weighted by Gasteiger charge is 2.08. The lowest BCUT2D eigenvalue weighted by Gasteiger charge is -2.22. The van der Waals surface area contributed by atoms with Gasteiger partial charge in [-0.15, -0.1) is 0 Å². The Bertz CT molecular complexity index is 326. The van der Waals surface area contributed by atoms with Crippen molar-refractivity contribution < 1.29 is 5.11 Å². The Labute approximate surface area is 104 Å². The maximum absolute atomic E-state index is 9.88. The highest BCUT2D eigenvalue weighted by molar-refractivity contribution is 5.35. The molecule has 96 valence electrons. The van der Waals surface area contributed by atoms with Gasteiger partial charge in [0.2, 0.25) is 0 Å². The summed E-state index contributed by atoms with van der Waals surface area (Å²) in [5.41, 5.74) is 0.980. The van der Waals surface area contributed by atoms with Crippen LogP contribution in [0.4, 0.5) is 5.82 Å². The van der Waals surface area contributed by atoms with Gasteiger partial charge in [-0.2, -0.15) is 0 Å². The fourth-order valence-electron chi connectivity index (χ4n) is 1.71. The first-order valence-corrected chi connectivity index (χ1v) is 6.23. The van der Waals surface area contributed by atoms with E-state index in [1.165, 1.54) is 0 Å². The van der Waals surface area contributed by atoms with Crippen molar-refractivity contribution in [3.05, 3.63) is 23.9 Å². The van der Waals surface area contributed by atoms with Crippen LogP contribution in [0.15, 0.2) is 18.2 Å². The van der Waals surface area contributed by atoms with E-state index in [9.17, 15) is 5.11 Å². The van der Waals surface area contributed by atoms with Gasteiger partial charge in [-0.25, -0.2) is 4.98 Å². The zero-order valence-corrected chi connectivity index (χ0v) is 11.0. The van der Waals surface area contributed by atoms with Crippen molar-refractivity contribution in [3.8, 4) is 0 Å². The Morgan fingerprint density at radius 3 is 2.65 bits per heavy atom. The number of aliphatic hydroxyl groups is 1. The molecule has 2 N–H and O–H groups in total. The summed E-state index contributed by atoms with van der Waals surface area (Å²) in [6.45, 7) is 9.33. The van der Waals surface area contributed by atoms with Crippen LogP contribution in [-0.4, -0.2) is 47.3 Å². The molecule has 0 saturated carbocycles. The molecule has 0 spiro atoms. The molecular weight excluding hydrogens is 214 g/mol. The number of aliphatic hydroxyl groups excluding tert-OH is 1. The number of aromatic nitrogens is 1. The number of aryl methyl sites for hydroxylation is 1. The largest absolute Gasteiger partial charge is 0.390 e. The van der Waals surface area contributed by atoms with Gasteiger partial charge in [0.05, 0.1) is 6.10 Å². The first-order chi connectivity index (χ1) is 8.15. The number of hydrogen-bond donors (Lipinski definition) is 2. The topological polar surface area (TPSA) is 48.4 Å². The second-order valence-corrected chi connectivity index (χ2v) is 4.18. The Morgan fingerprint density at radius 2 is 2.06 bits per heavy atom. The van der Waals surface area contributed by atoms with Gasteiger partial charge in [0, 0.05) is 18.8 Å². The molecule has 0 fully saturated rings. The number of nitrogens with one attached hydrogen (secondary N) is 1. The van der Waals surface area contributed by atoms with Gasteiger partial charge in [0.15, 0.2) is 0 Å². The minimum atomic E-state index is -0.364. The Morgan fingerprint density at radius 1 is 1.35 bits per heavy atom. The zero-order valence-electron chi connectivity index (χ0n) is 11.0. The maximum Gasteiger partial charge on any atom is 0.126 e. The van der Waals surface area contributed by atoms with E-state index < -0.39 is 0 Å². The van der Waals surface area contributed by atoms with E-state index in [1.807, 2.05) is 25.1 Å². The van der Waals surface area contributed by atoms with Gasteiger partial charge in [-0.3, -0.25) is 0 Å². The molecule has 1 atom stereocenters. The van der Waals surface area contributed by atoms with Gasteiger partial charge in [-0.1, -0.05) is 19.9 Å². The lowest BCUT2D eigenvalue weighted by Crippen LogP contribution is -2.36. The molecule has 1 rings (SSSR count). The lowest BCUT2D eigenvalue weighted by atomic mass is 10.3. The average Bonchev–Trinajstić information content (AvgIpc) is 2.33. The molecule has 0 bridgehead atoms. The predicted octanol–water partition coefficient (Wildman–Crippen LogP) is 1.50. The van der Waals surface area contributed by atoms with E-state index in [1.54, 1.807) is 0 Å². The third-order valence-corrected chi connectivity index (χ3v) is 2.77. The fourth-order valence-corrected chi connectivity index (χ4v) is 1.71. The highest BCUT2D eigenvalue weighted by Crippen LogP contribution is 2.04. The second kappa shape index (κ2) is 7.25. The minimum Gasteiger partial charge on any atom is -0.390 e. The third-order valence-electron chi connectivity index (χ3n) is 2.77. The minimum absolute atomic E-state index is 0.364. The Hall–Kier alpha value is -1.13. The molecule has 1 aromatic heterocycles. The van der Waals surface area contributed by atoms with Gasteiger partial charge < -0.3 is 15.3 Å². The number of pyridine rings is 1. The molecular formula is C13H23N3O. The first-order valence-electron chi connectivity index (χ1n) is 6.23. The number of anilines is 1. The third kappa shape index (κ3) is 5.15. The van der Waals surface area contributed by atoms with E-state index in [2.05, 4.69) is 29.0 Å². The van der Waals surface area contributed by atoms with Gasteiger partial charge in [-0.05, 0) is 32.1 Å². The molecule has 0 aliphatic carbocycles. The van der Waals surface area contributed by atoms with Crippen LogP contribution in [0.3, 0.4) is 0 Å². The standard InChI is InChI=1S/C13H23N3O/c1-4-16(5-2)10-12(17)9-14-13-8-6-7-11(3)15-13/h6-8,12,17H,4-5,9-10H2,1-3H3,(H,14,15). The van der Waals surface area contributed by atoms with Crippen LogP contribution in [0.25, 0.3) is 0 Å². The lowest BCUT2D eigenvalue weighted by molar-refractivity contribution is 0.128. The zero-order chi connectivity index (χ0) is 12.7. The van der Waals surface area contributed by atoms with Crippen LogP contribution in [0.2, 0.25) is 0 Å². The number of nitrogens with zero attached hydrogens (tertiary/aromatic N) is 2. The van der Waals surface area contributed by atoms with E-state index in [0.29, 0.717) is 13.1 Å². The first kappa shape index (κ1) is 13.9. The van der Waals surface area contributed by atoms with Crippen molar-refractivity contribution in [3.63, 3.8) is 0 Å². The average molecular weight is 237 g/mol. The molecule has 0 aliphatic rings. The quantitative estimate of drug-likeness (QED) is 0.754. The summed E-state index contributed by atoms with van der Waals surface area (Å²) in [5.74, 6) is 0.823. The number of likely N-dealkylation sites (N-methyl/N-ethyl adjacent to an activating group) is 1. The second-order valence-electron chi connectivity index (χ2n) is 4.18. The molecule has 1 aromatic rings. The Balaban J connectivity index is 2.35. The molecule has 0 aliphatic heterocycles. The smallest absolute Gasteiger partial charge is 0.126 e. The van der Waals surface area contributed by atoms with Gasteiger partial charge in [0.25, 0.3) is 0 Å². The SMILES string of the molecule is CCN(CC)CC(O)CNc1cccc(C)n1. The van der Waals surface area contributed by atoms with Crippen molar-refractivity contribution in [2.75, 3.05) is 31.5 Å². The summed E-state index contributed by atoms with van der Waals surface area (Å²) in [7, 11) is 0. The van der Waals surface area contributed by atoms with Crippen LogP contribution in [0, 0.1) is 6.92 Å². The van der Waals surface area contributed by atoms with E-state index in [0.717, 1.165) is 24.6 Å². The van der Waals surface area contributed by atoms with Crippen LogP contribution >= 0.6 is 0 Å². The van der Waals surface area contributed by atoms with Crippen molar-refractivity contribution >= 4 is 5.82 Å². The van der Waals surface area contributed by atoms with E-state index in [4.69, 9.17) is 0 Å². The van der Waals surface area contributed by atoms with Crippen molar-refractivity contribution in [1.82, 2.24) is 9.88 Å². The van der Waals surface area contributed by atoms with Crippen molar-refractivity contribution in [1.29, 1.82) is 0 Å². The van der Waals surface area contributed by atoms with E-state index in [-0.39, 0.29) is 6.10 Å². The monoisotopic (exact) mass is 237 g/mol. The summed E-state index contributed by atoms with van der Waals surface area (Å²) in [6.07, 6.45) is -0.364. The number of rotatable bonds is 7. The van der Waals surface area contributed by atoms with Crippen LogP contribution in [0.1, 0.15) is 19.5 Å². The van der Waals surface area contributed by atoms with Crippen molar-refractivity contribution in [2.45, 2.75) is 26.9 Å². The fraction of sp³-hybridized carbons (Fsp3) is 0.615. The van der Waals surface area contributed by atoms with Crippen LogP contribution in [-0.2, 0) is 0 Å². The van der Waals surface area contributed by atoms with Crippen molar-refractivity contribution in [2.24, 2.45) is 0 Å². The highest BCUT2D eigenvalue weighted by atomic mass is 16.3. The molecule has 0 amide bonds. The summed E-state index contributed by atoms with van der Waals surface area (Å²) in [5, 5.41) is 13.0. The van der Waals surface area contributed by atoms with Crippen LogP contribution < -0.4 is 5.32 Å². The number of hydrogen-bond acceptors (Lipinski definition) is 4. The molecule has 0 radical (unpaired) electrons. The molecule has 4 nitrogen and oxygen atoms in total. The molecule has 4 heteroatoms. The summed E-state index contributed by atoms with van der Waals surface area (Å²) >= 11 is 0. The molecule has 1 unspecified atom stereocenters. The molecule has 0 aromatic carbocycles. The van der Waals surface area contributed by atoms with E-state index >= 15 is 0 Å². The molecule has 17 heavy (non-hydrogen) atoms. The predicted molar refractivity (Wildman–Crippen MR) is 71.3 cm³/mol. The summed E-state index contributed by atoms with van der Waals surface area (Å²) in [4.78, 5) is 6.53. The van der Waals surface area contributed by atoms with Crippen LogP contribution in [0.5, 0.6) is 0 Å². The maximum atomic E-state index is 9.88. The van der Waals surface area contributed by atoms with Gasteiger partial charge >= 0.3 is 0 Å². The summed E-state index contributed by atoms with van der Waals surface area (Å²) < 4.78 is 0.